The van der Waals surface area contributed by atoms with Gasteiger partial charge < -0.3 is 4.74 Å². The second-order valence-corrected chi connectivity index (χ2v) is 3.60. The highest BCUT2D eigenvalue weighted by molar-refractivity contribution is 6.25. The van der Waals surface area contributed by atoms with Gasteiger partial charge in [-0.2, -0.15) is 5.26 Å². The van der Waals surface area contributed by atoms with Gasteiger partial charge in [0.2, 0.25) is 0 Å². The Kier molecular flexibility index (Phi) is 2.79. The molecule has 68 valence electrons. The van der Waals surface area contributed by atoms with Crippen molar-refractivity contribution in [1.82, 2.24) is 0 Å². The topological polar surface area (TPSA) is 33.0 Å². The first-order valence-corrected chi connectivity index (χ1v) is 4.22. The first kappa shape index (κ1) is 9.88. The summed E-state index contributed by atoms with van der Waals surface area (Å²) in [6.07, 6.45) is 0. The maximum atomic E-state index is 8.76. The van der Waals surface area contributed by atoms with Gasteiger partial charge in [0.15, 0.2) is 4.87 Å². The second kappa shape index (κ2) is 3.68. The number of halogens is 1. The second-order valence-electron chi connectivity index (χ2n) is 2.84. The summed E-state index contributed by atoms with van der Waals surface area (Å²) in [6, 6.07) is 9.16. The van der Waals surface area contributed by atoms with E-state index in [4.69, 9.17) is 21.6 Å². The average molecular weight is 196 g/mol. The van der Waals surface area contributed by atoms with Crippen LogP contribution < -0.4 is 4.74 Å². The summed E-state index contributed by atoms with van der Waals surface area (Å²) in [7, 11) is 1.60. The van der Waals surface area contributed by atoms with Crippen LogP contribution in [0.25, 0.3) is 0 Å². The molecular formula is C10H10ClNO. The molecule has 0 saturated heterocycles. The van der Waals surface area contributed by atoms with E-state index in [0.717, 1.165) is 11.3 Å². The van der Waals surface area contributed by atoms with Crippen molar-refractivity contribution < 1.29 is 4.74 Å². The predicted molar refractivity (Wildman–Crippen MR) is 51.8 cm³/mol. The Morgan fingerprint density at radius 1 is 1.38 bits per heavy atom. The van der Waals surface area contributed by atoms with Crippen LogP contribution in [-0.4, -0.2) is 7.11 Å². The van der Waals surface area contributed by atoms with Gasteiger partial charge in [0.1, 0.15) is 5.75 Å². The summed E-state index contributed by atoms with van der Waals surface area (Å²) < 4.78 is 4.99. The predicted octanol–water partition coefficient (Wildman–Crippen LogP) is 2.67. The molecule has 0 saturated carbocycles. The number of hydrogen-bond donors (Lipinski definition) is 0. The Morgan fingerprint density at radius 2 is 1.92 bits per heavy atom. The SMILES string of the molecule is COc1ccc(C(C)(Cl)C#N)cc1. The number of nitriles is 1. The van der Waals surface area contributed by atoms with Gasteiger partial charge in [-0.15, -0.1) is 0 Å². The normalized spacial score (nSPS) is 14.3. The highest BCUT2D eigenvalue weighted by atomic mass is 35.5. The van der Waals surface area contributed by atoms with Gasteiger partial charge in [0, 0.05) is 0 Å². The maximum Gasteiger partial charge on any atom is 0.153 e. The molecule has 3 heteroatoms. The summed E-state index contributed by atoms with van der Waals surface area (Å²) in [5, 5.41) is 8.76. The molecule has 0 aliphatic carbocycles. The number of benzene rings is 1. The van der Waals surface area contributed by atoms with Gasteiger partial charge in [0.25, 0.3) is 0 Å². The van der Waals surface area contributed by atoms with Crippen molar-refractivity contribution in [3.63, 3.8) is 0 Å². The van der Waals surface area contributed by atoms with Crippen molar-refractivity contribution in [2.75, 3.05) is 7.11 Å². The van der Waals surface area contributed by atoms with Crippen molar-refractivity contribution in [3.05, 3.63) is 29.8 Å². The Balaban J connectivity index is 3.00. The number of alkyl halides is 1. The Morgan fingerprint density at radius 3 is 2.31 bits per heavy atom. The molecule has 0 aliphatic heterocycles. The van der Waals surface area contributed by atoms with E-state index in [1.165, 1.54) is 0 Å². The van der Waals surface area contributed by atoms with Crippen molar-refractivity contribution in [2.24, 2.45) is 0 Å². The van der Waals surface area contributed by atoms with Crippen molar-refractivity contribution in [2.45, 2.75) is 11.8 Å². The van der Waals surface area contributed by atoms with Crippen LogP contribution in [0.2, 0.25) is 0 Å². The van der Waals surface area contributed by atoms with E-state index in [0.29, 0.717) is 0 Å². The first-order chi connectivity index (χ1) is 6.10. The molecule has 1 rings (SSSR count). The van der Waals surface area contributed by atoms with E-state index in [9.17, 15) is 0 Å². The molecule has 0 aliphatic rings. The Bertz CT molecular complexity index is 324. The van der Waals surface area contributed by atoms with Gasteiger partial charge in [-0.05, 0) is 24.6 Å². The van der Waals surface area contributed by atoms with Crippen LogP contribution in [0.3, 0.4) is 0 Å². The molecule has 1 unspecified atom stereocenters. The minimum Gasteiger partial charge on any atom is -0.497 e. The van der Waals surface area contributed by atoms with Gasteiger partial charge >= 0.3 is 0 Å². The molecular weight excluding hydrogens is 186 g/mol. The lowest BCUT2D eigenvalue weighted by Gasteiger charge is -2.12. The van der Waals surface area contributed by atoms with Gasteiger partial charge in [-0.3, -0.25) is 0 Å². The fourth-order valence-corrected chi connectivity index (χ4v) is 1.09. The van der Waals surface area contributed by atoms with E-state index in [-0.39, 0.29) is 0 Å². The van der Waals surface area contributed by atoms with Crippen LogP contribution in [0.5, 0.6) is 5.75 Å². The van der Waals surface area contributed by atoms with Crippen LogP contribution >= 0.6 is 11.6 Å². The number of ether oxygens (including phenoxy) is 1. The molecule has 0 N–H and O–H groups in total. The maximum absolute atomic E-state index is 8.76. The van der Waals surface area contributed by atoms with E-state index < -0.39 is 4.87 Å². The lowest BCUT2D eigenvalue weighted by Crippen LogP contribution is -2.09. The highest BCUT2D eigenvalue weighted by Gasteiger charge is 2.22. The summed E-state index contributed by atoms with van der Waals surface area (Å²) in [6.45, 7) is 1.66. The third kappa shape index (κ3) is 2.13. The summed E-state index contributed by atoms with van der Waals surface area (Å²) in [5.41, 5.74) is 0.775. The first-order valence-electron chi connectivity index (χ1n) is 3.85. The Hall–Kier alpha value is -1.20. The average Bonchev–Trinajstić information content (AvgIpc) is 2.18. The lowest BCUT2D eigenvalue weighted by atomic mass is 10.0. The van der Waals surface area contributed by atoms with Crippen molar-refractivity contribution >= 4 is 11.6 Å². The van der Waals surface area contributed by atoms with Crippen LogP contribution in [0.4, 0.5) is 0 Å². The monoisotopic (exact) mass is 195 g/mol. The molecule has 0 aromatic heterocycles. The van der Waals surface area contributed by atoms with Crippen LogP contribution in [-0.2, 0) is 4.87 Å². The minimum atomic E-state index is -0.952. The summed E-state index contributed by atoms with van der Waals surface area (Å²) in [4.78, 5) is -0.952. The van der Waals surface area contributed by atoms with E-state index >= 15 is 0 Å². The standard InChI is InChI=1S/C10H10ClNO/c1-10(11,7-12)8-3-5-9(13-2)6-4-8/h3-6H,1-2H3. The molecule has 0 spiro atoms. The van der Waals surface area contributed by atoms with Gasteiger partial charge in [-0.25, -0.2) is 0 Å². The van der Waals surface area contributed by atoms with Crippen LogP contribution in [0.1, 0.15) is 12.5 Å². The van der Waals surface area contributed by atoms with Crippen LogP contribution in [0.15, 0.2) is 24.3 Å². The molecule has 0 amide bonds. The number of methoxy groups -OCH3 is 1. The number of hydrogen-bond acceptors (Lipinski definition) is 2. The van der Waals surface area contributed by atoms with E-state index in [2.05, 4.69) is 0 Å². The summed E-state index contributed by atoms with van der Waals surface area (Å²) >= 11 is 5.94. The van der Waals surface area contributed by atoms with E-state index in [1.807, 2.05) is 6.07 Å². The lowest BCUT2D eigenvalue weighted by molar-refractivity contribution is 0.414. The molecule has 1 atom stereocenters. The highest BCUT2D eigenvalue weighted by Crippen LogP contribution is 2.28. The molecule has 0 bridgehead atoms. The smallest absolute Gasteiger partial charge is 0.153 e. The van der Waals surface area contributed by atoms with E-state index in [1.54, 1.807) is 38.3 Å². The summed E-state index contributed by atoms with van der Waals surface area (Å²) in [5.74, 6) is 0.758. The fourth-order valence-electron chi connectivity index (χ4n) is 0.969. The minimum absolute atomic E-state index is 0.758. The largest absolute Gasteiger partial charge is 0.497 e. The number of nitrogens with zero attached hydrogens (tertiary/aromatic N) is 1. The molecule has 1 aromatic carbocycles. The zero-order chi connectivity index (χ0) is 9.90. The zero-order valence-electron chi connectivity index (χ0n) is 7.54. The van der Waals surface area contributed by atoms with Gasteiger partial charge in [0.05, 0.1) is 13.2 Å². The molecule has 0 fully saturated rings. The molecule has 2 nitrogen and oxygen atoms in total. The zero-order valence-corrected chi connectivity index (χ0v) is 8.30. The third-order valence-electron chi connectivity index (χ3n) is 1.84. The molecule has 1 aromatic rings. The fraction of sp³-hybridized carbons (Fsp3) is 0.300. The van der Waals surface area contributed by atoms with Crippen molar-refractivity contribution in [1.29, 1.82) is 5.26 Å². The Labute approximate surface area is 82.7 Å². The van der Waals surface area contributed by atoms with Crippen LogP contribution in [0, 0.1) is 11.3 Å². The van der Waals surface area contributed by atoms with Gasteiger partial charge in [-0.1, -0.05) is 23.7 Å². The third-order valence-corrected chi connectivity index (χ3v) is 2.14. The van der Waals surface area contributed by atoms with Crippen molar-refractivity contribution in [3.8, 4) is 11.8 Å². The molecule has 0 heterocycles. The quantitative estimate of drug-likeness (QED) is 0.680. The molecule has 0 radical (unpaired) electrons. The molecule has 13 heavy (non-hydrogen) atoms. The number of rotatable bonds is 2.